The molecule has 6 heteroatoms. The second kappa shape index (κ2) is 6.49. The van der Waals surface area contributed by atoms with Crippen LogP contribution in [0, 0.1) is 6.92 Å². The molecule has 4 nitrogen and oxygen atoms in total. The summed E-state index contributed by atoms with van der Waals surface area (Å²) in [6.07, 6.45) is -0.0853. The van der Waals surface area contributed by atoms with E-state index in [0.29, 0.717) is 10.6 Å². The first-order valence-electron chi connectivity index (χ1n) is 7.44. The van der Waals surface area contributed by atoms with Crippen molar-refractivity contribution < 1.29 is 14.7 Å². The first kappa shape index (κ1) is 16.9. The first-order valence-corrected chi connectivity index (χ1v) is 8.64. The third kappa shape index (κ3) is 3.14. The number of nitrogens with one attached hydrogen (secondary N) is 1. The van der Waals surface area contributed by atoms with Gasteiger partial charge in [0, 0.05) is 9.92 Å². The Kier molecular flexibility index (Phi) is 4.56. The molecule has 1 heterocycles. The molecule has 1 amide bonds. The molecule has 0 aromatic heterocycles. The molecule has 1 unspecified atom stereocenters. The minimum absolute atomic E-state index is 0.0853. The molecule has 1 saturated heterocycles. The third-order valence-corrected chi connectivity index (χ3v) is 5.72. The maximum absolute atomic E-state index is 12.2. The molecular formula is C18H16ClNO3S. The second-order valence-corrected chi connectivity index (χ2v) is 7.68. The number of carboxylic acids is 1. The van der Waals surface area contributed by atoms with Crippen LogP contribution < -0.4 is 5.32 Å². The average Bonchev–Trinajstić information content (AvgIpc) is 2.87. The Morgan fingerprint density at radius 3 is 2.62 bits per heavy atom. The van der Waals surface area contributed by atoms with Gasteiger partial charge in [0.05, 0.1) is 12.5 Å². The smallest absolute Gasteiger partial charge is 0.323 e. The van der Waals surface area contributed by atoms with Gasteiger partial charge < -0.3 is 10.4 Å². The third-order valence-electron chi connectivity index (χ3n) is 4.06. The van der Waals surface area contributed by atoms with E-state index in [9.17, 15) is 14.7 Å². The van der Waals surface area contributed by atoms with Crippen molar-refractivity contribution in [2.24, 2.45) is 0 Å². The zero-order chi connectivity index (χ0) is 17.3. The molecule has 0 bridgehead atoms. The monoisotopic (exact) mass is 361 g/mol. The highest BCUT2D eigenvalue weighted by Gasteiger charge is 2.54. The zero-order valence-electron chi connectivity index (χ0n) is 13.0. The summed E-state index contributed by atoms with van der Waals surface area (Å²) in [5.74, 6) is -1.29. The average molecular weight is 362 g/mol. The number of carbonyl (C=O) groups is 2. The van der Waals surface area contributed by atoms with Gasteiger partial charge in [-0.2, -0.15) is 0 Å². The Hall–Kier alpha value is -1.98. The van der Waals surface area contributed by atoms with Crippen LogP contribution in [0.25, 0.3) is 0 Å². The predicted octanol–water partition coefficient (Wildman–Crippen LogP) is 3.83. The number of carbonyl (C=O) groups excluding carboxylic acids is 1. The summed E-state index contributed by atoms with van der Waals surface area (Å²) in [7, 11) is 0. The van der Waals surface area contributed by atoms with E-state index < -0.39 is 16.8 Å². The zero-order valence-corrected chi connectivity index (χ0v) is 14.5. The summed E-state index contributed by atoms with van der Waals surface area (Å²) in [4.78, 5) is 25.0. The number of rotatable bonds is 4. The van der Waals surface area contributed by atoms with E-state index >= 15 is 0 Å². The fraction of sp³-hybridized carbons (Fsp3) is 0.222. The van der Waals surface area contributed by atoms with E-state index in [2.05, 4.69) is 5.32 Å². The Morgan fingerprint density at radius 1 is 1.29 bits per heavy atom. The van der Waals surface area contributed by atoms with E-state index in [1.807, 2.05) is 31.2 Å². The van der Waals surface area contributed by atoms with Crippen molar-refractivity contribution >= 4 is 35.2 Å². The summed E-state index contributed by atoms with van der Waals surface area (Å²) in [5, 5.41) is 13.3. The minimum Gasteiger partial charge on any atom is -0.480 e. The van der Waals surface area contributed by atoms with Crippen LogP contribution in [0.5, 0.6) is 0 Å². The van der Waals surface area contributed by atoms with Gasteiger partial charge in [-0.05, 0) is 36.8 Å². The molecule has 2 aromatic carbocycles. The number of aryl methyl sites for hydroxylation is 1. The largest absolute Gasteiger partial charge is 0.480 e. The summed E-state index contributed by atoms with van der Waals surface area (Å²) >= 11 is 7.25. The number of aliphatic carboxylic acids is 1. The molecule has 0 aliphatic carbocycles. The summed E-state index contributed by atoms with van der Waals surface area (Å²) < 4.78 is -1.31. The molecule has 0 saturated carbocycles. The van der Waals surface area contributed by atoms with Crippen LogP contribution in [-0.4, -0.2) is 21.7 Å². The van der Waals surface area contributed by atoms with Gasteiger partial charge in [0.15, 0.2) is 4.75 Å². The Balaban J connectivity index is 2.04. The van der Waals surface area contributed by atoms with Gasteiger partial charge in [-0.15, -0.1) is 11.8 Å². The molecule has 2 N–H and O–H groups in total. The SMILES string of the molecule is Cc1ccc(S[C@]2(C(=O)O)CC(=O)NC2c2cccc(Cl)c2)cc1. The van der Waals surface area contributed by atoms with Crippen molar-refractivity contribution in [1.82, 2.24) is 5.32 Å². The van der Waals surface area contributed by atoms with Gasteiger partial charge in [-0.25, -0.2) is 0 Å². The molecule has 2 atom stereocenters. The van der Waals surface area contributed by atoms with Crippen LogP contribution in [0.15, 0.2) is 53.4 Å². The molecule has 24 heavy (non-hydrogen) atoms. The molecule has 124 valence electrons. The lowest BCUT2D eigenvalue weighted by atomic mass is 9.93. The fourth-order valence-electron chi connectivity index (χ4n) is 2.86. The number of hydrogen-bond donors (Lipinski definition) is 2. The van der Waals surface area contributed by atoms with Crippen molar-refractivity contribution in [3.8, 4) is 0 Å². The Bertz CT molecular complexity index is 793. The molecule has 1 aliphatic rings. The number of carboxylic acid groups (broad SMARTS) is 1. The van der Waals surface area contributed by atoms with Gasteiger partial charge in [-0.3, -0.25) is 9.59 Å². The molecule has 1 aliphatic heterocycles. The fourth-order valence-corrected chi connectivity index (χ4v) is 4.36. The van der Waals surface area contributed by atoms with Gasteiger partial charge in [0.2, 0.25) is 5.91 Å². The van der Waals surface area contributed by atoms with E-state index in [-0.39, 0.29) is 12.3 Å². The molecular weight excluding hydrogens is 346 g/mol. The molecule has 1 fully saturated rings. The molecule has 0 radical (unpaired) electrons. The lowest BCUT2D eigenvalue weighted by molar-refractivity contribution is -0.140. The molecule has 0 spiro atoms. The van der Waals surface area contributed by atoms with Crippen LogP contribution in [0.1, 0.15) is 23.6 Å². The predicted molar refractivity (Wildman–Crippen MR) is 94.4 cm³/mol. The maximum atomic E-state index is 12.2. The number of thioether (sulfide) groups is 1. The highest BCUT2D eigenvalue weighted by Crippen LogP contribution is 2.48. The van der Waals surface area contributed by atoms with Gasteiger partial charge in [0.25, 0.3) is 0 Å². The molecule has 3 rings (SSSR count). The highest BCUT2D eigenvalue weighted by molar-refractivity contribution is 8.01. The summed E-state index contributed by atoms with van der Waals surface area (Å²) in [6.45, 7) is 1.97. The minimum atomic E-state index is -1.31. The Labute approximate surface area is 149 Å². The number of benzene rings is 2. The second-order valence-electron chi connectivity index (χ2n) is 5.84. The van der Waals surface area contributed by atoms with Crippen molar-refractivity contribution in [2.45, 2.75) is 29.0 Å². The summed E-state index contributed by atoms with van der Waals surface area (Å²) in [5.41, 5.74) is 1.78. The highest BCUT2D eigenvalue weighted by atomic mass is 35.5. The van der Waals surface area contributed by atoms with Crippen LogP contribution in [0.2, 0.25) is 5.02 Å². The quantitative estimate of drug-likeness (QED) is 0.868. The van der Waals surface area contributed by atoms with Crippen molar-refractivity contribution in [1.29, 1.82) is 0 Å². The topological polar surface area (TPSA) is 66.4 Å². The Morgan fingerprint density at radius 2 is 2.00 bits per heavy atom. The van der Waals surface area contributed by atoms with Gasteiger partial charge >= 0.3 is 5.97 Å². The van der Waals surface area contributed by atoms with E-state index in [1.165, 1.54) is 11.8 Å². The normalized spacial score (nSPS) is 23.1. The van der Waals surface area contributed by atoms with Gasteiger partial charge in [0.1, 0.15) is 0 Å². The van der Waals surface area contributed by atoms with Crippen LogP contribution >= 0.6 is 23.4 Å². The van der Waals surface area contributed by atoms with Crippen LogP contribution in [0.3, 0.4) is 0 Å². The van der Waals surface area contributed by atoms with Crippen molar-refractivity contribution in [3.05, 3.63) is 64.7 Å². The lowest BCUT2D eigenvalue weighted by Gasteiger charge is -2.29. The van der Waals surface area contributed by atoms with E-state index in [4.69, 9.17) is 11.6 Å². The number of halogens is 1. The van der Waals surface area contributed by atoms with E-state index in [0.717, 1.165) is 10.5 Å². The number of hydrogen-bond acceptors (Lipinski definition) is 3. The lowest BCUT2D eigenvalue weighted by Crippen LogP contribution is -2.40. The van der Waals surface area contributed by atoms with Crippen molar-refractivity contribution in [3.63, 3.8) is 0 Å². The molecule has 2 aromatic rings. The first-order chi connectivity index (χ1) is 11.4. The number of amides is 1. The maximum Gasteiger partial charge on any atom is 0.323 e. The van der Waals surface area contributed by atoms with Gasteiger partial charge in [-0.1, -0.05) is 41.4 Å². The van der Waals surface area contributed by atoms with Crippen LogP contribution in [0.4, 0.5) is 0 Å². The van der Waals surface area contributed by atoms with Crippen LogP contribution in [-0.2, 0) is 9.59 Å². The van der Waals surface area contributed by atoms with E-state index in [1.54, 1.807) is 24.3 Å². The standard InChI is InChI=1S/C18H16ClNO3S/c1-11-5-7-14(8-6-11)24-18(17(22)23)10-15(21)20-16(18)12-3-2-4-13(19)9-12/h2-9,16H,10H2,1H3,(H,20,21)(H,22,23)/t16?,18-/m1/s1. The summed E-state index contributed by atoms with van der Waals surface area (Å²) in [6, 6.07) is 13.9. The van der Waals surface area contributed by atoms with Crippen molar-refractivity contribution in [2.75, 3.05) is 0 Å².